The third kappa shape index (κ3) is 10.8. The van der Waals surface area contributed by atoms with Gasteiger partial charge in [0, 0.05) is 11.8 Å². The van der Waals surface area contributed by atoms with Crippen LogP contribution in [0.1, 0.15) is 67.2 Å². The number of aromatic nitrogens is 2. The minimum absolute atomic E-state index is 0.150. The molecule has 14 heteroatoms. The molecule has 13 nitrogen and oxygen atoms in total. The van der Waals surface area contributed by atoms with Crippen LogP contribution in [-0.2, 0) is 32.9 Å². The van der Waals surface area contributed by atoms with E-state index in [-0.39, 0.29) is 30.7 Å². The predicted octanol–water partition coefficient (Wildman–Crippen LogP) is 2.56. The zero-order valence-corrected chi connectivity index (χ0v) is 25.6. The normalized spacial score (nSPS) is 19.3. The maximum Gasteiger partial charge on any atom is 0.342 e. The van der Waals surface area contributed by atoms with Crippen molar-refractivity contribution in [1.29, 1.82) is 0 Å². The molecule has 2 rings (SSSR count). The Morgan fingerprint density at radius 3 is 1.98 bits per heavy atom. The van der Waals surface area contributed by atoms with Gasteiger partial charge in [-0.25, -0.2) is 15.0 Å². The Morgan fingerprint density at radius 1 is 1.00 bits per heavy atom. The van der Waals surface area contributed by atoms with E-state index in [4.69, 9.17) is 18.7 Å². The van der Waals surface area contributed by atoms with Crippen LogP contribution in [0.2, 0.25) is 0 Å². The van der Waals surface area contributed by atoms with E-state index in [2.05, 4.69) is 15.2 Å². The molecule has 0 aliphatic carbocycles. The molecule has 0 spiro atoms. The highest BCUT2D eigenvalue weighted by Crippen LogP contribution is 2.40. The first-order chi connectivity index (χ1) is 18.3. The van der Waals surface area contributed by atoms with Crippen molar-refractivity contribution in [2.45, 2.75) is 86.7 Å². The average Bonchev–Trinajstić information content (AvgIpc) is 3.29. The molecule has 0 bridgehead atoms. The molecular formula is C26H43N4O9P. The van der Waals surface area contributed by atoms with Crippen molar-refractivity contribution in [1.82, 2.24) is 19.7 Å². The summed E-state index contributed by atoms with van der Waals surface area (Å²) in [6.45, 7) is 16.0. The van der Waals surface area contributed by atoms with Crippen molar-refractivity contribution in [3.8, 4) is 0 Å². The molecule has 0 aromatic carbocycles. The van der Waals surface area contributed by atoms with E-state index >= 15 is 0 Å². The van der Waals surface area contributed by atoms with Crippen molar-refractivity contribution in [2.75, 3.05) is 19.8 Å². The Hall–Kier alpha value is -2.57. The molecular weight excluding hydrogens is 543 g/mol. The maximum atomic E-state index is 13.9. The fourth-order valence-corrected chi connectivity index (χ4v) is 5.06. The van der Waals surface area contributed by atoms with Crippen LogP contribution in [0.3, 0.4) is 0 Å². The molecule has 1 aliphatic rings. The van der Waals surface area contributed by atoms with Gasteiger partial charge in [-0.05, 0) is 37.7 Å². The van der Waals surface area contributed by atoms with E-state index in [0.29, 0.717) is 5.56 Å². The van der Waals surface area contributed by atoms with Gasteiger partial charge in [-0.15, -0.1) is 0 Å². The molecule has 2 heterocycles. The second kappa shape index (κ2) is 13.4. The standard InChI is InChI=1S/C26H43N4O9P/c1-16-12-30(24(34)27-21(16)31)20-11-10-19(39-20)13-38-40(35,28-17(2)22(32)36-14-25(4,5)6)29-18(3)23(33)37-15-26(7,8)9/h10-12,17-20H,13-15H2,1-9H3,(H,27,31,34)(H2,28,29,35)/t17-,18-,19+,20-/m1/s1. The highest BCUT2D eigenvalue weighted by atomic mass is 31.2. The monoisotopic (exact) mass is 586 g/mol. The second-order valence-corrected chi connectivity index (χ2v) is 14.2. The van der Waals surface area contributed by atoms with E-state index in [0.717, 1.165) is 0 Å². The van der Waals surface area contributed by atoms with Crippen LogP contribution in [0.4, 0.5) is 0 Å². The molecule has 40 heavy (non-hydrogen) atoms. The Labute approximate surface area is 234 Å². The van der Waals surface area contributed by atoms with Crippen LogP contribution in [0.5, 0.6) is 0 Å². The summed E-state index contributed by atoms with van der Waals surface area (Å²) in [5, 5.41) is 5.28. The van der Waals surface area contributed by atoms with Crippen LogP contribution >= 0.6 is 7.67 Å². The molecule has 3 N–H and O–H groups in total. The Morgan fingerprint density at radius 2 is 1.50 bits per heavy atom. The Balaban J connectivity index is 2.13. The van der Waals surface area contributed by atoms with Gasteiger partial charge in [-0.3, -0.25) is 28.5 Å². The lowest BCUT2D eigenvalue weighted by molar-refractivity contribution is -0.148. The van der Waals surface area contributed by atoms with Gasteiger partial charge in [0.2, 0.25) is 0 Å². The maximum absolute atomic E-state index is 13.9. The van der Waals surface area contributed by atoms with Crippen molar-refractivity contribution in [3.05, 3.63) is 44.8 Å². The van der Waals surface area contributed by atoms with Crippen LogP contribution in [0, 0.1) is 17.8 Å². The van der Waals surface area contributed by atoms with Crippen molar-refractivity contribution >= 4 is 19.6 Å². The van der Waals surface area contributed by atoms with Gasteiger partial charge < -0.3 is 18.7 Å². The predicted molar refractivity (Wildman–Crippen MR) is 149 cm³/mol. The first-order valence-corrected chi connectivity index (χ1v) is 14.7. The lowest BCUT2D eigenvalue weighted by Crippen LogP contribution is -2.43. The van der Waals surface area contributed by atoms with Crippen LogP contribution in [0.15, 0.2) is 27.9 Å². The molecule has 0 fully saturated rings. The first kappa shape index (κ1) is 33.6. The number of rotatable bonds is 12. The number of carbonyl (C=O) groups excluding carboxylic acids is 2. The quantitative estimate of drug-likeness (QED) is 0.187. The largest absolute Gasteiger partial charge is 0.464 e. The van der Waals surface area contributed by atoms with E-state index in [1.54, 1.807) is 19.1 Å². The number of esters is 2. The smallest absolute Gasteiger partial charge is 0.342 e. The molecule has 226 valence electrons. The van der Waals surface area contributed by atoms with E-state index < -0.39 is 55.3 Å². The molecule has 0 unspecified atom stereocenters. The Kier molecular flexibility index (Phi) is 11.3. The van der Waals surface area contributed by atoms with Gasteiger partial charge in [-0.2, -0.15) is 0 Å². The number of carbonyl (C=O) groups is 2. The zero-order valence-electron chi connectivity index (χ0n) is 24.7. The third-order valence-corrected chi connectivity index (χ3v) is 7.34. The lowest BCUT2D eigenvalue weighted by atomic mass is 9.99. The van der Waals surface area contributed by atoms with E-state index in [1.165, 1.54) is 24.6 Å². The fraction of sp³-hybridized carbons (Fsp3) is 0.692. The number of hydrogen-bond donors (Lipinski definition) is 3. The number of aryl methyl sites for hydroxylation is 1. The molecule has 0 saturated heterocycles. The number of nitrogens with one attached hydrogen (secondary N) is 3. The molecule has 1 aliphatic heterocycles. The van der Waals surface area contributed by atoms with Crippen LogP contribution in [-0.4, -0.2) is 59.5 Å². The minimum Gasteiger partial charge on any atom is -0.464 e. The second-order valence-electron chi connectivity index (χ2n) is 12.3. The van der Waals surface area contributed by atoms with E-state index in [9.17, 15) is 23.7 Å². The number of aromatic amines is 1. The van der Waals surface area contributed by atoms with Gasteiger partial charge in [0.1, 0.15) is 18.2 Å². The van der Waals surface area contributed by atoms with Crippen molar-refractivity contribution < 1.29 is 32.9 Å². The molecule has 0 saturated carbocycles. The third-order valence-electron chi connectivity index (χ3n) is 5.37. The van der Waals surface area contributed by atoms with Gasteiger partial charge in [0.25, 0.3) is 5.56 Å². The summed E-state index contributed by atoms with van der Waals surface area (Å²) in [4.78, 5) is 51.2. The molecule has 0 radical (unpaired) electrons. The van der Waals surface area contributed by atoms with Crippen molar-refractivity contribution in [3.63, 3.8) is 0 Å². The average molecular weight is 587 g/mol. The molecule has 1 aromatic rings. The fourth-order valence-electron chi connectivity index (χ4n) is 3.25. The number of H-pyrrole nitrogens is 1. The number of ether oxygens (including phenoxy) is 3. The van der Waals surface area contributed by atoms with Gasteiger partial charge >= 0.3 is 25.3 Å². The molecule has 4 atom stereocenters. The number of nitrogens with zero attached hydrogens (tertiary/aromatic N) is 1. The number of hydrogen-bond acceptors (Lipinski definition) is 9. The molecule has 0 amide bonds. The lowest BCUT2D eigenvalue weighted by Gasteiger charge is -2.28. The van der Waals surface area contributed by atoms with E-state index in [1.807, 2.05) is 41.5 Å². The summed E-state index contributed by atoms with van der Waals surface area (Å²) in [5.41, 5.74) is -1.35. The summed E-state index contributed by atoms with van der Waals surface area (Å²) in [5.74, 6) is -1.29. The first-order valence-electron chi connectivity index (χ1n) is 13.1. The molecule has 1 aromatic heterocycles. The van der Waals surface area contributed by atoms with Gasteiger partial charge in [0.15, 0.2) is 6.23 Å². The highest BCUT2D eigenvalue weighted by molar-refractivity contribution is 7.54. The van der Waals surface area contributed by atoms with Gasteiger partial charge in [-0.1, -0.05) is 47.6 Å². The summed E-state index contributed by atoms with van der Waals surface area (Å²) in [6, 6.07) is -2.09. The van der Waals surface area contributed by atoms with Crippen LogP contribution in [0.25, 0.3) is 0 Å². The zero-order chi connectivity index (χ0) is 30.5. The van der Waals surface area contributed by atoms with Crippen LogP contribution < -0.4 is 21.4 Å². The van der Waals surface area contributed by atoms with Gasteiger partial charge in [0.05, 0.1) is 19.8 Å². The Bertz CT molecular complexity index is 1200. The highest BCUT2D eigenvalue weighted by Gasteiger charge is 2.35. The summed E-state index contributed by atoms with van der Waals surface area (Å²) in [6.07, 6.45) is 3.03. The van der Waals surface area contributed by atoms with Crippen molar-refractivity contribution in [2.24, 2.45) is 10.8 Å². The summed E-state index contributed by atoms with van der Waals surface area (Å²) in [7, 11) is -4.07. The SMILES string of the molecule is Cc1cn([C@H]2C=C[C@@H](COP(=O)(N[C@H](C)C(=O)OCC(C)(C)C)N[C@H](C)C(=O)OCC(C)(C)C)O2)c(=O)[nH]c1=O. The minimum atomic E-state index is -4.07. The summed E-state index contributed by atoms with van der Waals surface area (Å²) < 4.78 is 37.2. The summed E-state index contributed by atoms with van der Waals surface area (Å²) >= 11 is 0. The topological polar surface area (TPSA) is 167 Å².